The van der Waals surface area contributed by atoms with Gasteiger partial charge in [0.1, 0.15) is 5.54 Å². The maximum Gasteiger partial charge on any atom is 0.331 e. The van der Waals surface area contributed by atoms with Crippen LogP contribution in [0.5, 0.6) is 0 Å². The van der Waals surface area contributed by atoms with Crippen LogP contribution in [0.3, 0.4) is 0 Å². The Hall–Kier alpha value is -1.40. The van der Waals surface area contributed by atoms with Crippen molar-refractivity contribution in [3.63, 3.8) is 0 Å². The highest BCUT2D eigenvalue weighted by molar-refractivity contribution is 9.10. The molecule has 0 bridgehead atoms. The zero-order valence-electron chi connectivity index (χ0n) is 12.3. The van der Waals surface area contributed by atoms with Crippen LogP contribution in [0, 0.1) is 0 Å². The monoisotopic (exact) mass is 380 g/mol. The number of esters is 1. The van der Waals surface area contributed by atoms with Gasteiger partial charge in [-0.1, -0.05) is 28.1 Å². The molecule has 0 spiro atoms. The lowest BCUT2D eigenvalue weighted by molar-refractivity contribution is -0.151. The minimum atomic E-state index is -0.579. The van der Waals surface area contributed by atoms with Crippen molar-refractivity contribution >= 4 is 38.4 Å². The summed E-state index contributed by atoms with van der Waals surface area (Å²) in [4.78, 5) is 16.8. The molecule has 0 saturated heterocycles. The zero-order chi connectivity index (χ0) is 15.6. The van der Waals surface area contributed by atoms with Gasteiger partial charge < -0.3 is 10.1 Å². The molecule has 1 aliphatic rings. The number of ether oxygens (including phenoxy) is 1. The summed E-state index contributed by atoms with van der Waals surface area (Å²) in [5, 5.41) is 6.07. The number of nitrogens with zero attached hydrogens (tertiary/aromatic N) is 1. The minimum Gasteiger partial charge on any atom is -0.464 e. The van der Waals surface area contributed by atoms with Gasteiger partial charge in [0, 0.05) is 15.4 Å². The fourth-order valence-corrected chi connectivity index (χ4v) is 3.55. The SMILES string of the molecule is CCOC(=O)C1(Nc2nc(-c3ccc(Br)cc3)cs2)CCC1. The van der Waals surface area contributed by atoms with Crippen LogP contribution >= 0.6 is 27.3 Å². The molecule has 3 rings (SSSR count). The van der Waals surface area contributed by atoms with Crippen molar-refractivity contribution in [1.29, 1.82) is 0 Å². The van der Waals surface area contributed by atoms with E-state index in [2.05, 4.69) is 26.2 Å². The Labute approximate surface area is 142 Å². The van der Waals surface area contributed by atoms with Crippen LogP contribution in [-0.4, -0.2) is 23.1 Å². The smallest absolute Gasteiger partial charge is 0.331 e. The fourth-order valence-electron chi connectivity index (χ4n) is 2.47. The second-order valence-corrected chi connectivity index (χ2v) is 7.10. The molecule has 0 amide bonds. The fraction of sp³-hybridized carbons (Fsp3) is 0.375. The first-order valence-corrected chi connectivity index (χ1v) is 8.97. The van der Waals surface area contributed by atoms with Crippen molar-refractivity contribution in [2.24, 2.45) is 0 Å². The highest BCUT2D eigenvalue weighted by Crippen LogP contribution is 2.38. The van der Waals surface area contributed by atoms with Gasteiger partial charge in [0.25, 0.3) is 0 Å². The first-order chi connectivity index (χ1) is 10.6. The molecule has 1 aromatic heterocycles. The largest absolute Gasteiger partial charge is 0.464 e. The summed E-state index contributed by atoms with van der Waals surface area (Å²) < 4.78 is 6.24. The minimum absolute atomic E-state index is 0.165. The van der Waals surface area contributed by atoms with Gasteiger partial charge in [-0.15, -0.1) is 11.3 Å². The van der Waals surface area contributed by atoms with Crippen LogP contribution in [0.1, 0.15) is 26.2 Å². The number of anilines is 1. The highest BCUT2D eigenvalue weighted by Gasteiger charge is 2.46. The van der Waals surface area contributed by atoms with Crippen molar-refractivity contribution in [3.8, 4) is 11.3 Å². The van der Waals surface area contributed by atoms with E-state index in [1.165, 1.54) is 11.3 Å². The molecule has 1 aliphatic carbocycles. The van der Waals surface area contributed by atoms with Gasteiger partial charge in [-0.25, -0.2) is 9.78 Å². The number of nitrogens with one attached hydrogen (secondary N) is 1. The van der Waals surface area contributed by atoms with E-state index in [-0.39, 0.29) is 5.97 Å². The van der Waals surface area contributed by atoms with E-state index in [9.17, 15) is 4.79 Å². The van der Waals surface area contributed by atoms with E-state index in [0.29, 0.717) is 6.61 Å². The van der Waals surface area contributed by atoms with E-state index in [1.54, 1.807) is 0 Å². The number of halogens is 1. The number of aromatic nitrogens is 1. The Morgan fingerprint density at radius 2 is 2.14 bits per heavy atom. The highest BCUT2D eigenvalue weighted by atomic mass is 79.9. The van der Waals surface area contributed by atoms with Crippen molar-refractivity contribution in [2.75, 3.05) is 11.9 Å². The van der Waals surface area contributed by atoms with Crippen LogP contribution in [0.4, 0.5) is 5.13 Å². The van der Waals surface area contributed by atoms with E-state index in [0.717, 1.165) is 40.1 Å². The van der Waals surface area contributed by atoms with E-state index < -0.39 is 5.54 Å². The molecule has 4 nitrogen and oxygen atoms in total. The summed E-state index contributed by atoms with van der Waals surface area (Å²) in [7, 11) is 0. The quantitative estimate of drug-likeness (QED) is 0.777. The number of hydrogen-bond acceptors (Lipinski definition) is 5. The first-order valence-electron chi connectivity index (χ1n) is 7.30. The van der Waals surface area contributed by atoms with Gasteiger partial charge in [0.15, 0.2) is 5.13 Å². The van der Waals surface area contributed by atoms with Gasteiger partial charge in [-0.05, 0) is 38.3 Å². The van der Waals surface area contributed by atoms with E-state index >= 15 is 0 Å². The molecule has 1 aromatic carbocycles. The van der Waals surface area contributed by atoms with Crippen molar-refractivity contribution in [2.45, 2.75) is 31.7 Å². The van der Waals surface area contributed by atoms with Crippen LogP contribution in [-0.2, 0) is 9.53 Å². The maximum atomic E-state index is 12.2. The topological polar surface area (TPSA) is 51.2 Å². The van der Waals surface area contributed by atoms with E-state index in [1.807, 2.05) is 36.6 Å². The molecular weight excluding hydrogens is 364 g/mol. The molecule has 0 aliphatic heterocycles. The summed E-state index contributed by atoms with van der Waals surface area (Å²) in [5.41, 5.74) is 1.40. The molecule has 2 aromatic rings. The van der Waals surface area contributed by atoms with Crippen LogP contribution in [0.2, 0.25) is 0 Å². The summed E-state index contributed by atoms with van der Waals surface area (Å²) in [5.74, 6) is -0.165. The lowest BCUT2D eigenvalue weighted by Gasteiger charge is -2.39. The van der Waals surface area contributed by atoms with Crippen LogP contribution in [0.25, 0.3) is 11.3 Å². The van der Waals surface area contributed by atoms with Crippen LogP contribution < -0.4 is 5.32 Å². The molecule has 6 heteroatoms. The lowest BCUT2D eigenvalue weighted by Crippen LogP contribution is -2.53. The molecule has 0 atom stereocenters. The van der Waals surface area contributed by atoms with Gasteiger partial charge >= 0.3 is 5.97 Å². The maximum absolute atomic E-state index is 12.2. The molecule has 0 unspecified atom stereocenters. The Morgan fingerprint density at radius 3 is 2.73 bits per heavy atom. The third kappa shape index (κ3) is 3.03. The number of carbonyl (C=O) groups is 1. The number of thiazole rings is 1. The summed E-state index contributed by atoms with van der Waals surface area (Å²) >= 11 is 4.95. The molecule has 1 fully saturated rings. The molecular formula is C16H17BrN2O2S. The number of benzene rings is 1. The molecule has 1 N–H and O–H groups in total. The Bertz CT molecular complexity index is 665. The summed E-state index contributed by atoms with van der Waals surface area (Å²) in [6.45, 7) is 2.24. The molecule has 1 heterocycles. The van der Waals surface area contributed by atoms with Gasteiger partial charge in [0.05, 0.1) is 12.3 Å². The molecule has 116 valence electrons. The number of carbonyl (C=O) groups excluding carboxylic acids is 1. The zero-order valence-corrected chi connectivity index (χ0v) is 14.7. The standard InChI is InChI=1S/C16H17BrN2O2S/c1-2-21-14(20)16(8-3-9-16)19-15-18-13(10-22-15)11-4-6-12(17)7-5-11/h4-7,10H,2-3,8-9H2,1H3,(H,18,19). The second-order valence-electron chi connectivity index (χ2n) is 5.33. The Balaban J connectivity index is 1.76. The normalized spacial score (nSPS) is 15.9. The third-order valence-corrected chi connectivity index (χ3v) is 5.15. The average molecular weight is 381 g/mol. The molecule has 0 radical (unpaired) electrons. The summed E-state index contributed by atoms with van der Waals surface area (Å²) in [6.07, 6.45) is 2.65. The third-order valence-electron chi connectivity index (χ3n) is 3.86. The van der Waals surface area contributed by atoms with Crippen LogP contribution in [0.15, 0.2) is 34.1 Å². The lowest BCUT2D eigenvalue weighted by atomic mass is 9.77. The van der Waals surface area contributed by atoms with Gasteiger partial charge in [-0.2, -0.15) is 0 Å². The predicted octanol–water partition coefficient (Wildman–Crippen LogP) is 4.47. The van der Waals surface area contributed by atoms with Crippen molar-refractivity contribution in [3.05, 3.63) is 34.1 Å². The first kappa shape index (κ1) is 15.5. The Morgan fingerprint density at radius 1 is 1.41 bits per heavy atom. The predicted molar refractivity (Wildman–Crippen MR) is 92.1 cm³/mol. The van der Waals surface area contributed by atoms with E-state index in [4.69, 9.17) is 4.74 Å². The van der Waals surface area contributed by atoms with Crippen molar-refractivity contribution in [1.82, 2.24) is 4.98 Å². The summed E-state index contributed by atoms with van der Waals surface area (Å²) in [6, 6.07) is 8.03. The van der Waals surface area contributed by atoms with Crippen molar-refractivity contribution < 1.29 is 9.53 Å². The molecule has 22 heavy (non-hydrogen) atoms. The average Bonchev–Trinajstić information content (AvgIpc) is 2.92. The number of rotatable bonds is 5. The van der Waals surface area contributed by atoms with Gasteiger partial charge in [-0.3, -0.25) is 0 Å². The second kappa shape index (κ2) is 6.38. The molecule has 1 saturated carbocycles. The Kier molecular flexibility index (Phi) is 4.49. The van der Waals surface area contributed by atoms with Gasteiger partial charge in [0.2, 0.25) is 0 Å². The number of hydrogen-bond donors (Lipinski definition) is 1.